The van der Waals surface area contributed by atoms with Crippen molar-refractivity contribution in [3.8, 4) is 0 Å². The number of rotatable bonds is 6. The van der Waals surface area contributed by atoms with E-state index in [0.717, 1.165) is 6.26 Å². The van der Waals surface area contributed by atoms with E-state index in [4.69, 9.17) is 5.11 Å². The molecule has 0 aromatic carbocycles. The lowest BCUT2D eigenvalue weighted by Gasteiger charge is -2.22. The molecule has 0 aromatic heterocycles. The fraction of sp³-hybridized carbons (Fsp3) is 0.889. The molecule has 5 nitrogen and oxygen atoms in total. The maximum atomic E-state index is 11.6. The summed E-state index contributed by atoms with van der Waals surface area (Å²) in [6, 6.07) is -0.267. The zero-order valence-electron chi connectivity index (χ0n) is 9.93. The van der Waals surface area contributed by atoms with Crippen molar-refractivity contribution in [3.63, 3.8) is 0 Å². The predicted octanol–water partition coefficient (Wildman–Crippen LogP) is -0.352. The molecule has 1 amide bonds. The summed E-state index contributed by atoms with van der Waals surface area (Å²) >= 11 is 1.43. The fourth-order valence-electron chi connectivity index (χ4n) is 1.07. The number of sulfone groups is 1. The summed E-state index contributed by atoms with van der Waals surface area (Å²) in [5.41, 5.74) is 0. The molecule has 0 aromatic rings. The van der Waals surface area contributed by atoms with E-state index in [1.165, 1.54) is 18.7 Å². The Morgan fingerprint density at radius 3 is 2.25 bits per heavy atom. The van der Waals surface area contributed by atoms with Gasteiger partial charge in [-0.15, -0.1) is 0 Å². The number of hydrogen-bond acceptors (Lipinski definition) is 5. The summed E-state index contributed by atoms with van der Waals surface area (Å²) in [5.74, 6) is -0.525. The highest BCUT2D eigenvalue weighted by Gasteiger charge is 2.26. The molecule has 96 valence electrons. The third kappa shape index (κ3) is 4.71. The highest BCUT2D eigenvalue weighted by atomic mass is 32.2. The van der Waals surface area contributed by atoms with Crippen LogP contribution < -0.4 is 5.32 Å². The van der Waals surface area contributed by atoms with Crippen LogP contribution in [-0.2, 0) is 14.6 Å². The minimum absolute atomic E-state index is 0.0597. The Balaban J connectivity index is 4.46. The van der Waals surface area contributed by atoms with Gasteiger partial charge in [0.15, 0.2) is 9.84 Å². The minimum atomic E-state index is -3.37. The molecule has 0 saturated carbocycles. The second-order valence-electron chi connectivity index (χ2n) is 3.73. The third-order valence-corrected chi connectivity index (χ3v) is 5.08. The average Bonchev–Trinajstić information content (AvgIpc) is 2.16. The van der Waals surface area contributed by atoms with Gasteiger partial charge in [-0.2, -0.15) is 11.8 Å². The van der Waals surface area contributed by atoms with E-state index in [1.54, 1.807) is 6.92 Å². The van der Waals surface area contributed by atoms with Crippen LogP contribution in [0.3, 0.4) is 0 Å². The van der Waals surface area contributed by atoms with Gasteiger partial charge in [-0.3, -0.25) is 4.79 Å². The van der Waals surface area contributed by atoms with E-state index >= 15 is 0 Å². The molecule has 0 spiro atoms. The Morgan fingerprint density at radius 2 is 1.94 bits per heavy atom. The largest absolute Gasteiger partial charge is 0.395 e. The molecule has 3 atom stereocenters. The van der Waals surface area contributed by atoms with Gasteiger partial charge in [0.2, 0.25) is 5.91 Å². The lowest BCUT2D eigenvalue weighted by atomic mass is 10.2. The number of carbonyl (C=O) groups excluding carboxylic acids is 1. The van der Waals surface area contributed by atoms with Gasteiger partial charge in [-0.25, -0.2) is 8.42 Å². The molecule has 0 aliphatic heterocycles. The topological polar surface area (TPSA) is 83.5 Å². The van der Waals surface area contributed by atoms with Gasteiger partial charge in [-0.1, -0.05) is 0 Å². The van der Waals surface area contributed by atoms with Crippen molar-refractivity contribution in [1.82, 2.24) is 5.32 Å². The first kappa shape index (κ1) is 15.7. The first-order chi connectivity index (χ1) is 7.23. The van der Waals surface area contributed by atoms with Crippen molar-refractivity contribution in [2.75, 3.05) is 19.1 Å². The van der Waals surface area contributed by atoms with Gasteiger partial charge in [0.25, 0.3) is 0 Å². The second-order valence-corrected chi connectivity index (χ2v) is 7.17. The minimum Gasteiger partial charge on any atom is -0.395 e. The Labute approximate surface area is 101 Å². The first-order valence-corrected chi connectivity index (χ1v) is 8.11. The summed E-state index contributed by atoms with van der Waals surface area (Å²) in [5, 5.41) is 10.4. The molecule has 0 aliphatic carbocycles. The van der Waals surface area contributed by atoms with Crippen LogP contribution in [0.5, 0.6) is 0 Å². The van der Waals surface area contributed by atoms with Gasteiger partial charge < -0.3 is 10.4 Å². The number of amides is 1. The zero-order valence-corrected chi connectivity index (χ0v) is 11.6. The number of hydrogen-bond donors (Lipinski definition) is 2. The van der Waals surface area contributed by atoms with Crippen LogP contribution in [0, 0.1) is 0 Å². The highest BCUT2D eigenvalue weighted by molar-refractivity contribution is 7.99. The monoisotopic (exact) mass is 269 g/mol. The molecule has 0 rings (SSSR count). The van der Waals surface area contributed by atoms with Gasteiger partial charge in [0.05, 0.1) is 6.61 Å². The molecule has 0 fully saturated rings. The summed E-state index contributed by atoms with van der Waals surface area (Å²) < 4.78 is 22.3. The fourth-order valence-corrected chi connectivity index (χ4v) is 2.15. The normalized spacial score (nSPS) is 17.6. The maximum Gasteiger partial charge on any atom is 0.238 e. The maximum absolute atomic E-state index is 11.6. The number of carbonyl (C=O) groups is 1. The molecular formula is C9H19NO4S2. The van der Waals surface area contributed by atoms with E-state index in [9.17, 15) is 13.2 Å². The van der Waals surface area contributed by atoms with Crippen LogP contribution >= 0.6 is 11.8 Å². The van der Waals surface area contributed by atoms with Crippen molar-refractivity contribution in [3.05, 3.63) is 0 Å². The molecule has 0 heterocycles. The van der Waals surface area contributed by atoms with E-state index in [0.29, 0.717) is 0 Å². The Morgan fingerprint density at radius 1 is 1.44 bits per heavy atom. The van der Waals surface area contributed by atoms with Crippen molar-refractivity contribution < 1.29 is 18.3 Å². The molecule has 3 unspecified atom stereocenters. The van der Waals surface area contributed by atoms with Gasteiger partial charge in [0.1, 0.15) is 5.25 Å². The van der Waals surface area contributed by atoms with Crippen LogP contribution in [0.1, 0.15) is 13.8 Å². The summed E-state index contributed by atoms with van der Waals surface area (Å²) in [4.78, 5) is 11.6. The number of aliphatic hydroxyl groups excluding tert-OH is 1. The van der Waals surface area contributed by atoms with E-state index in [-0.39, 0.29) is 17.9 Å². The molecule has 0 bridgehead atoms. The molecule has 0 radical (unpaired) electrons. The van der Waals surface area contributed by atoms with Gasteiger partial charge in [-0.05, 0) is 20.1 Å². The summed E-state index contributed by atoms with van der Waals surface area (Å²) in [7, 11) is -3.37. The zero-order chi connectivity index (χ0) is 12.9. The van der Waals surface area contributed by atoms with Gasteiger partial charge in [0, 0.05) is 17.5 Å². The molecule has 7 heteroatoms. The van der Waals surface area contributed by atoms with Crippen molar-refractivity contribution in [2.45, 2.75) is 30.4 Å². The standard InChI is InChI=1S/C9H19NO4S2/c1-6(8(5-11)15-3)10-9(12)7(2)16(4,13)14/h6-8,11H,5H2,1-4H3,(H,10,12). The van der Waals surface area contributed by atoms with E-state index in [1.807, 2.05) is 6.26 Å². The average molecular weight is 269 g/mol. The molecule has 0 aliphatic rings. The molecule has 16 heavy (non-hydrogen) atoms. The number of thioether (sulfide) groups is 1. The van der Waals surface area contributed by atoms with Crippen molar-refractivity contribution >= 4 is 27.5 Å². The SMILES string of the molecule is CSC(CO)C(C)NC(=O)C(C)S(C)(=O)=O. The quantitative estimate of drug-likeness (QED) is 0.688. The smallest absolute Gasteiger partial charge is 0.238 e. The predicted molar refractivity (Wildman–Crippen MR) is 66.3 cm³/mol. The summed E-state index contributed by atoms with van der Waals surface area (Å²) in [6.45, 7) is 3.03. The van der Waals surface area contributed by atoms with E-state index in [2.05, 4.69) is 5.32 Å². The van der Waals surface area contributed by atoms with Crippen LogP contribution in [0.15, 0.2) is 0 Å². The number of aliphatic hydroxyl groups is 1. The third-order valence-electron chi connectivity index (χ3n) is 2.42. The first-order valence-electron chi connectivity index (χ1n) is 4.87. The number of nitrogens with one attached hydrogen (secondary N) is 1. The van der Waals surface area contributed by atoms with Crippen molar-refractivity contribution in [2.24, 2.45) is 0 Å². The lowest BCUT2D eigenvalue weighted by Crippen LogP contribution is -2.46. The molecule has 0 saturated heterocycles. The Hall–Kier alpha value is -0.270. The van der Waals surface area contributed by atoms with Crippen LogP contribution in [0.4, 0.5) is 0 Å². The van der Waals surface area contributed by atoms with E-state index < -0.39 is 21.0 Å². The second kappa shape index (κ2) is 6.46. The highest BCUT2D eigenvalue weighted by Crippen LogP contribution is 2.10. The van der Waals surface area contributed by atoms with Crippen molar-refractivity contribution in [1.29, 1.82) is 0 Å². The van der Waals surface area contributed by atoms with Crippen LogP contribution in [0.2, 0.25) is 0 Å². The summed E-state index contributed by atoms with van der Waals surface area (Å²) in [6.07, 6.45) is 2.85. The van der Waals surface area contributed by atoms with Crippen LogP contribution in [-0.4, -0.2) is 55.1 Å². The van der Waals surface area contributed by atoms with Gasteiger partial charge >= 0.3 is 0 Å². The Kier molecular flexibility index (Phi) is 6.35. The molecular weight excluding hydrogens is 250 g/mol. The van der Waals surface area contributed by atoms with Crippen LogP contribution in [0.25, 0.3) is 0 Å². The molecule has 2 N–H and O–H groups in total. The Bertz CT molecular complexity index is 324. The lowest BCUT2D eigenvalue weighted by molar-refractivity contribution is -0.121.